The van der Waals surface area contributed by atoms with Gasteiger partial charge >= 0.3 is 0 Å². The van der Waals surface area contributed by atoms with Crippen LogP contribution in [0.2, 0.25) is 0 Å². The maximum atomic E-state index is 11.8. The predicted octanol–water partition coefficient (Wildman–Crippen LogP) is 5.05. The molecule has 27 heavy (non-hydrogen) atoms. The number of hydrogen-bond donors (Lipinski definition) is 1. The zero-order valence-corrected chi connectivity index (χ0v) is 15.8. The quantitative estimate of drug-likeness (QED) is 0.706. The van der Waals surface area contributed by atoms with Gasteiger partial charge in [0.2, 0.25) is 17.7 Å². The number of hydrogen-bond acceptors (Lipinski definition) is 4. The van der Waals surface area contributed by atoms with Crippen molar-refractivity contribution >= 4 is 11.6 Å². The summed E-state index contributed by atoms with van der Waals surface area (Å²) in [5.74, 6) is 1.25. The van der Waals surface area contributed by atoms with Crippen LogP contribution < -0.4 is 5.32 Å². The maximum Gasteiger partial charge on any atom is 0.248 e. The third kappa shape index (κ3) is 3.92. The number of nitrogens with one attached hydrogen (secondary N) is 1. The summed E-state index contributed by atoms with van der Waals surface area (Å²) in [7, 11) is 0. The lowest BCUT2D eigenvalue weighted by atomic mass is 9.87. The monoisotopic (exact) mass is 361 g/mol. The molecule has 1 amide bonds. The minimum absolute atomic E-state index is 0.0986. The van der Waals surface area contributed by atoms with Gasteiger partial charge in [0.1, 0.15) is 0 Å². The summed E-state index contributed by atoms with van der Waals surface area (Å²) < 4.78 is 5.84. The highest BCUT2D eigenvalue weighted by Gasteiger charge is 2.29. The highest BCUT2D eigenvalue weighted by atomic mass is 16.4. The molecule has 0 bridgehead atoms. The lowest BCUT2D eigenvalue weighted by Crippen LogP contribution is -2.12. The minimum Gasteiger partial charge on any atom is -0.416 e. The molecule has 1 saturated carbocycles. The van der Waals surface area contributed by atoms with E-state index in [4.69, 9.17) is 4.42 Å². The van der Waals surface area contributed by atoms with Crippen molar-refractivity contribution in [2.75, 3.05) is 5.32 Å². The van der Waals surface area contributed by atoms with Crippen molar-refractivity contribution in [3.8, 4) is 22.9 Å². The molecule has 5 nitrogen and oxygen atoms in total. The van der Waals surface area contributed by atoms with E-state index in [1.54, 1.807) is 0 Å². The Morgan fingerprint density at radius 2 is 1.44 bits per heavy atom. The number of carbonyl (C=O) groups is 1. The molecule has 0 aliphatic heterocycles. The van der Waals surface area contributed by atoms with Gasteiger partial charge in [-0.25, -0.2) is 0 Å². The summed E-state index contributed by atoms with van der Waals surface area (Å²) in [4.78, 5) is 11.8. The normalized spacial score (nSPS) is 14.2. The van der Waals surface area contributed by atoms with Crippen LogP contribution in [0.1, 0.15) is 39.2 Å². The topological polar surface area (TPSA) is 68.0 Å². The Morgan fingerprint density at radius 1 is 0.926 bits per heavy atom. The third-order valence-corrected chi connectivity index (χ3v) is 4.77. The summed E-state index contributed by atoms with van der Waals surface area (Å²) in [5, 5.41) is 11.3. The van der Waals surface area contributed by atoms with Gasteiger partial charge < -0.3 is 9.73 Å². The first-order chi connectivity index (χ1) is 12.9. The first-order valence-corrected chi connectivity index (χ1v) is 9.26. The van der Waals surface area contributed by atoms with Crippen LogP contribution in [0.25, 0.3) is 22.9 Å². The van der Waals surface area contributed by atoms with Gasteiger partial charge in [-0.2, -0.15) is 0 Å². The molecule has 138 valence electrons. The molecule has 3 aromatic rings. The van der Waals surface area contributed by atoms with E-state index in [1.807, 2.05) is 36.4 Å². The van der Waals surface area contributed by atoms with E-state index in [2.05, 4.69) is 48.4 Å². The van der Waals surface area contributed by atoms with Crippen molar-refractivity contribution in [3.05, 3.63) is 54.1 Å². The highest BCUT2D eigenvalue weighted by Crippen LogP contribution is 2.31. The summed E-state index contributed by atoms with van der Waals surface area (Å²) in [5.41, 5.74) is 3.87. The summed E-state index contributed by atoms with van der Waals surface area (Å²) in [6, 6.07) is 15.7. The van der Waals surface area contributed by atoms with Crippen LogP contribution in [0.3, 0.4) is 0 Å². The average molecular weight is 361 g/mol. The van der Waals surface area contributed by atoms with Crippen molar-refractivity contribution in [2.24, 2.45) is 5.92 Å². The molecule has 5 heteroatoms. The SMILES string of the molecule is CC(C)(C)c1ccc(-c2nnc(-c3ccc(NC(=O)C4CC4)cc3)o2)cc1. The number of anilines is 1. The van der Waals surface area contributed by atoms with Crippen LogP contribution in [0.4, 0.5) is 5.69 Å². The van der Waals surface area contributed by atoms with E-state index in [0.717, 1.165) is 29.7 Å². The standard InChI is InChI=1S/C22H23N3O2/c1-22(2,3)17-10-6-15(7-11-17)20-24-25-21(27-20)16-8-12-18(13-9-16)23-19(26)14-4-5-14/h6-14H,4-5H2,1-3H3,(H,23,26). The number of benzene rings is 2. The predicted molar refractivity (Wildman–Crippen MR) is 105 cm³/mol. The van der Waals surface area contributed by atoms with E-state index in [9.17, 15) is 4.79 Å². The van der Waals surface area contributed by atoms with E-state index in [1.165, 1.54) is 5.56 Å². The van der Waals surface area contributed by atoms with Crippen LogP contribution in [0.5, 0.6) is 0 Å². The average Bonchev–Trinajstić information content (AvgIpc) is 3.39. The molecule has 0 atom stereocenters. The van der Waals surface area contributed by atoms with E-state index >= 15 is 0 Å². The van der Waals surface area contributed by atoms with E-state index in [-0.39, 0.29) is 17.2 Å². The fourth-order valence-electron chi connectivity index (χ4n) is 2.86. The highest BCUT2D eigenvalue weighted by molar-refractivity contribution is 5.94. The molecule has 1 heterocycles. The number of aromatic nitrogens is 2. The van der Waals surface area contributed by atoms with Crippen molar-refractivity contribution in [2.45, 2.75) is 39.0 Å². The van der Waals surface area contributed by atoms with Crippen LogP contribution >= 0.6 is 0 Å². The molecule has 0 radical (unpaired) electrons. The molecule has 1 N–H and O–H groups in total. The molecule has 4 rings (SSSR count). The Labute approximate surface area is 158 Å². The molecule has 0 unspecified atom stereocenters. The summed E-state index contributed by atoms with van der Waals surface area (Å²) in [6.45, 7) is 6.55. The zero-order valence-electron chi connectivity index (χ0n) is 15.8. The Balaban J connectivity index is 1.49. The van der Waals surface area contributed by atoms with Crippen molar-refractivity contribution in [1.82, 2.24) is 10.2 Å². The van der Waals surface area contributed by atoms with E-state index in [0.29, 0.717) is 11.8 Å². The lowest BCUT2D eigenvalue weighted by molar-refractivity contribution is -0.117. The number of nitrogens with zero attached hydrogens (tertiary/aromatic N) is 2. The molecule has 1 aliphatic carbocycles. The molecule has 2 aromatic carbocycles. The second kappa shape index (κ2) is 6.65. The van der Waals surface area contributed by atoms with Gasteiger partial charge in [-0.1, -0.05) is 32.9 Å². The largest absolute Gasteiger partial charge is 0.416 e. The summed E-state index contributed by atoms with van der Waals surface area (Å²) in [6.07, 6.45) is 1.98. The Bertz CT molecular complexity index is 946. The molecule has 0 saturated heterocycles. The fraction of sp³-hybridized carbons (Fsp3) is 0.318. The van der Waals surface area contributed by atoms with Crippen LogP contribution in [-0.4, -0.2) is 16.1 Å². The van der Waals surface area contributed by atoms with Crippen LogP contribution in [0.15, 0.2) is 52.9 Å². The van der Waals surface area contributed by atoms with Gasteiger partial charge in [-0.15, -0.1) is 10.2 Å². The fourth-order valence-corrected chi connectivity index (χ4v) is 2.86. The van der Waals surface area contributed by atoms with Gasteiger partial charge in [0.05, 0.1) is 0 Å². The first-order valence-electron chi connectivity index (χ1n) is 9.26. The number of amides is 1. The molecule has 1 aliphatic rings. The van der Waals surface area contributed by atoms with Crippen LogP contribution in [-0.2, 0) is 10.2 Å². The molecule has 1 aromatic heterocycles. The number of rotatable bonds is 4. The second-order valence-corrected chi connectivity index (χ2v) is 8.08. The molecule has 0 spiro atoms. The Kier molecular flexibility index (Phi) is 4.30. The van der Waals surface area contributed by atoms with E-state index < -0.39 is 0 Å². The lowest BCUT2D eigenvalue weighted by Gasteiger charge is -2.18. The third-order valence-electron chi connectivity index (χ3n) is 4.77. The van der Waals surface area contributed by atoms with Crippen molar-refractivity contribution in [3.63, 3.8) is 0 Å². The second-order valence-electron chi connectivity index (χ2n) is 8.08. The zero-order chi connectivity index (χ0) is 19.0. The minimum atomic E-state index is 0.0986. The molecule has 1 fully saturated rings. The molecular weight excluding hydrogens is 338 g/mol. The summed E-state index contributed by atoms with van der Waals surface area (Å²) >= 11 is 0. The Hall–Kier alpha value is -2.95. The van der Waals surface area contributed by atoms with Crippen molar-refractivity contribution in [1.29, 1.82) is 0 Å². The van der Waals surface area contributed by atoms with Crippen molar-refractivity contribution < 1.29 is 9.21 Å². The van der Waals surface area contributed by atoms with Gasteiger partial charge in [0, 0.05) is 22.7 Å². The van der Waals surface area contributed by atoms with Gasteiger partial charge in [0.25, 0.3) is 0 Å². The Morgan fingerprint density at radius 3 is 1.93 bits per heavy atom. The van der Waals surface area contributed by atoms with Gasteiger partial charge in [-0.05, 0) is 60.2 Å². The van der Waals surface area contributed by atoms with Gasteiger partial charge in [0.15, 0.2) is 0 Å². The van der Waals surface area contributed by atoms with Crippen LogP contribution in [0, 0.1) is 5.92 Å². The first kappa shape index (κ1) is 17.5. The smallest absolute Gasteiger partial charge is 0.248 e. The number of carbonyl (C=O) groups excluding carboxylic acids is 1. The van der Waals surface area contributed by atoms with Gasteiger partial charge in [-0.3, -0.25) is 4.79 Å². The molecular formula is C22H23N3O2. The maximum absolute atomic E-state index is 11.8.